The van der Waals surface area contributed by atoms with E-state index in [2.05, 4.69) is 15.6 Å². The zero-order valence-corrected chi connectivity index (χ0v) is 16.1. The fourth-order valence-electron chi connectivity index (χ4n) is 2.96. The largest absolute Gasteiger partial charge is 0.496 e. The average Bonchev–Trinajstić information content (AvgIpc) is 2.71. The predicted octanol–water partition coefficient (Wildman–Crippen LogP) is 3.64. The van der Waals surface area contributed by atoms with Crippen molar-refractivity contribution in [2.24, 2.45) is 5.92 Å². The lowest BCUT2D eigenvalue weighted by molar-refractivity contribution is -0.118. The number of para-hydroxylation sites is 1. The van der Waals surface area contributed by atoms with Crippen molar-refractivity contribution in [1.29, 1.82) is 0 Å². The van der Waals surface area contributed by atoms with Crippen molar-refractivity contribution in [3.63, 3.8) is 0 Å². The maximum atomic E-state index is 12.8. The van der Waals surface area contributed by atoms with Gasteiger partial charge in [-0.3, -0.25) is 14.6 Å². The molecule has 1 atom stereocenters. The molecule has 0 fully saturated rings. The first-order valence-electron chi connectivity index (χ1n) is 9.09. The summed E-state index contributed by atoms with van der Waals surface area (Å²) in [6.45, 7) is 3.77. The molecule has 1 unspecified atom stereocenters. The molecule has 0 aliphatic heterocycles. The molecule has 2 N–H and O–H groups in total. The van der Waals surface area contributed by atoms with Crippen LogP contribution in [0.2, 0.25) is 0 Å². The number of hydrogen-bond acceptors (Lipinski definition) is 4. The Labute approximate surface area is 163 Å². The van der Waals surface area contributed by atoms with Crippen molar-refractivity contribution >= 4 is 28.4 Å². The van der Waals surface area contributed by atoms with Crippen LogP contribution in [0.15, 0.2) is 60.8 Å². The van der Waals surface area contributed by atoms with Gasteiger partial charge in [0.25, 0.3) is 5.91 Å². The molecular formula is C22H23N3O3. The predicted molar refractivity (Wildman–Crippen MR) is 109 cm³/mol. The standard InChI is InChI=1S/C22H23N3O3/c1-14(2)20(25-21(26)17-8-4-5-9-19(17)28-3)22(27)24-16-10-11-18-15(13-16)7-6-12-23-18/h4-14,20H,1-3H3,(H,24,27)(H,25,26). The molecule has 0 saturated heterocycles. The lowest BCUT2D eigenvalue weighted by Crippen LogP contribution is -2.47. The van der Waals surface area contributed by atoms with Crippen LogP contribution in [0.5, 0.6) is 5.75 Å². The summed E-state index contributed by atoms with van der Waals surface area (Å²) in [7, 11) is 1.51. The summed E-state index contributed by atoms with van der Waals surface area (Å²) >= 11 is 0. The Morgan fingerprint density at radius 2 is 1.82 bits per heavy atom. The Morgan fingerprint density at radius 3 is 2.57 bits per heavy atom. The van der Waals surface area contributed by atoms with Gasteiger partial charge in [-0.15, -0.1) is 0 Å². The van der Waals surface area contributed by atoms with Crippen LogP contribution >= 0.6 is 0 Å². The molecule has 0 aliphatic rings. The Morgan fingerprint density at radius 1 is 1.04 bits per heavy atom. The third-order valence-electron chi connectivity index (χ3n) is 4.46. The van der Waals surface area contributed by atoms with Crippen LogP contribution in [-0.2, 0) is 4.79 Å². The molecule has 0 radical (unpaired) electrons. The van der Waals surface area contributed by atoms with Gasteiger partial charge < -0.3 is 15.4 Å². The number of ether oxygens (including phenoxy) is 1. The first kappa shape index (κ1) is 19.4. The number of nitrogens with one attached hydrogen (secondary N) is 2. The number of hydrogen-bond donors (Lipinski definition) is 2. The summed E-state index contributed by atoms with van der Waals surface area (Å²) in [6, 6.07) is 15.5. The third-order valence-corrected chi connectivity index (χ3v) is 4.46. The van der Waals surface area contributed by atoms with Crippen molar-refractivity contribution in [3.05, 3.63) is 66.4 Å². The summed E-state index contributed by atoms with van der Waals surface area (Å²) in [4.78, 5) is 29.8. The molecule has 6 heteroatoms. The summed E-state index contributed by atoms with van der Waals surface area (Å²) in [6.07, 6.45) is 1.72. The van der Waals surface area contributed by atoms with E-state index in [0.717, 1.165) is 10.9 Å². The topological polar surface area (TPSA) is 80.3 Å². The maximum absolute atomic E-state index is 12.8. The highest BCUT2D eigenvalue weighted by Crippen LogP contribution is 2.19. The maximum Gasteiger partial charge on any atom is 0.255 e. The van der Waals surface area contributed by atoms with Crippen molar-refractivity contribution in [1.82, 2.24) is 10.3 Å². The molecule has 1 heterocycles. The highest BCUT2D eigenvalue weighted by molar-refractivity contribution is 6.03. The van der Waals surface area contributed by atoms with Gasteiger partial charge in [-0.1, -0.05) is 32.0 Å². The van der Waals surface area contributed by atoms with Gasteiger partial charge in [-0.2, -0.15) is 0 Å². The number of rotatable bonds is 6. The van der Waals surface area contributed by atoms with Crippen LogP contribution < -0.4 is 15.4 Å². The van der Waals surface area contributed by atoms with E-state index < -0.39 is 6.04 Å². The normalized spacial score (nSPS) is 11.9. The van der Waals surface area contributed by atoms with E-state index in [4.69, 9.17) is 4.74 Å². The Bertz CT molecular complexity index is 1000. The lowest BCUT2D eigenvalue weighted by Gasteiger charge is -2.22. The van der Waals surface area contributed by atoms with Crippen LogP contribution in [0.3, 0.4) is 0 Å². The van der Waals surface area contributed by atoms with Gasteiger partial charge in [0, 0.05) is 17.3 Å². The number of nitrogens with zero attached hydrogens (tertiary/aromatic N) is 1. The summed E-state index contributed by atoms with van der Waals surface area (Å²) in [5.41, 5.74) is 1.90. The highest BCUT2D eigenvalue weighted by Gasteiger charge is 2.26. The van der Waals surface area contributed by atoms with Crippen molar-refractivity contribution in [3.8, 4) is 5.75 Å². The number of amides is 2. The van der Waals surface area contributed by atoms with Gasteiger partial charge in [0.2, 0.25) is 5.91 Å². The minimum atomic E-state index is -0.693. The number of pyridine rings is 1. The van der Waals surface area contributed by atoms with Crippen molar-refractivity contribution in [2.75, 3.05) is 12.4 Å². The third kappa shape index (κ3) is 4.28. The molecule has 144 valence electrons. The van der Waals surface area contributed by atoms with Crippen LogP contribution in [-0.4, -0.2) is 29.9 Å². The molecule has 28 heavy (non-hydrogen) atoms. The smallest absolute Gasteiger partial charge is 0.255 e. The zero-order chi connectivity index (χ0) is 20.1. The second-order valence-electron chi connectivity index (χ2n) is 6.80. The minimum absolute atomic E-state index is 0.0965. The Balaban J connectivity index is 1.77. The lowest BCUT2D eigenvalue weighted by atomic mass is 10.0. The first-order valence-corrected chi connectivity index (χ1v) is 9.09. The van der Waals surface area contributed by atoms with Crippen LogP contribution in [0.4, 0.5) is 5.69 Å². The van der Waals surface area contributed by atoms with E-state index in [1.165, 1.54) is 7.11 Å². The number of methoxy groups -OCH3 is 1. The monoisotopic (exact) mass is 377 g/mol. The molecule has 6 nitrogen and oxygen atoms in total. The molecule has 2 aromatic carbocycles. The molecule has 3 rings (SSSR count). The molecule has 0 spiro atoms. The molecule has 0 saturated carbocycles. The molecular weight excluding hydrogens is 354 g/mol. The van der Waals surface area contributed by atoms with E-state index in [1.54, 1.807) is 36.5 Å². The van der Waals surface area contributed by atoms with Gasteiger partial charge in [0.15, 0.2) is 0 Å². The van der Waals surface area contributed by atoms with Crippen LogP contribution in [0.1, 0.15) is 24.2 Å². The summed E-state index contributed by atoms with van der Waals surface area (Å²) in [5.74, 6) is -0.263. The van der Waals surface area contributed by atoms with Gasteiger partial charge in [-0.05, 0) is 42.3 Å². The number of carbonyl (C=O) groups is 2. The van der Waals surface area contributed by atoms with Crippen molar-refractivity contribution in [2.45, 2.75) is 19.9 Å². The quantitative estimate of drug-likeness (QED) is 0.687. The van der Waals surface area contributed by atoms with E-state index in [0.29, 0.717) is 17.0 Å². The fourth-order valence-corrected chi connectivity index (χ4v) is 2.96. The second-order valence-corrected chi connectivity index (χ2v) is 6.80. The van der Waals surface area contributed by atoms with E-state index >= 15 is 0 Å². The summed E-state index contributed by atoms with van der Waals surface area (Å²) < 4.78 is 5.24. The minimum Gasteiger partial charge on any atom is -0.496 e. The fraction of sp³-hybridized carbons (Fsp3) is 0.227. The summed E-state index contributed by atoms with van der Waals surface area (Å²) in [5, 5.41) is 6.64. The molecule has 0 bridgehead atoms. The number of benzene rings is 2. The van der Waals surface area contributed by atoms with Gasteiger partial charge in [0.1, 0.15) is 11.8 Å². The van der Waals surface area contributed by atoms with E-state index in [1.807, 2.05) is 38.1 Å². The molecule has 3 aromatic rings. The number of anilines is 1. The SMILES string of the molecule is COc1ccccc1C(=O)NC(C(=O)Nc1ccc2ncccc2c1)C(C)C. The molecule has 0 aliphatic carbocycles. The van der Waals surface area contributed by atoms with E-state index in [9.17, 15) is 9.59 Å². The van der Waals surface area contributed by atoms with E-state index in [-0.39, 0.29) is 17.7 Å². The second kappa shape index (κ2) is 8.52. The van der Waals surface area contributed by atoms with Crippen LogP contribution in [0.25, 0.3) is 10.9 Å². The Kier molecular flexibility index (Phi) is 5.89. The molecule has 2 amide bonds. The first-order chi connectivity index (χ1) is 13.5. The van der Waals surface area contributed by atoms with Gasteiger partial charge >= 0.3 is 0 Å². The number of aromatic nitrogens is 1. The number of fused-ring (bicyclic) bond motifs is 1. The van der Waals surface area contributed by atoms with Gasteiger partial charge in [-0.25, -0.2) is 0 Å². The zero-order valence-electron chi connectivity index (χ0n) is 16.1. The number of carbonyl (C=O) groups excluding carboxylic acids is 2. The van der Waals surface area contributed by atoms with Crippen molar-refractivity contribution < 1.29 is 14.3 Å². The average molecular weight is 377 g/mol. The Hall–Kier alpha value is -3.41. The molecule has 1 aromatic heterocycles. The highest BCUT2D eigenvalue weighted by atomic mass is 16.5. The van der Waals surface area contributed by atoms with Crippen LogP contribution in [0, 0.1) is 5.92 Å². The van der Waals surface area contributed by atoms with Gasteiger partial charge in [0.05, 0.1) is 18.2 Å².